The van der Waals surface area contributed by atoms with Crippen LogP contribution in [0.15, 0.2) is 59.3 Å². The largest absolute Gasteiger partial charge is 0.437 e. The molecule has 1 fully saturated rings. The maximum atomic E-state index is 13.8. The number of anilines is 2. The first kappa shape index (κ1) is 25.8. The van der Waals surface area contributed by atoms with Gasteiger partial charge in [-0.15, -0.1) is 0 Å². The number of aromatic nitrogens is 2. The van der Waals surface area contributed by atoms with E-state index in [9.17, 15) is 14.3 Å². The Hall–Kier alpha value is -3.86. The monoisotopic (exact) mass is 518 g/mol. The van der Waals surface area contributed by atoms with E-state index in [1.807, 2.05) is 12.1 Å². The molecule has 5 rings (SSSR count). The SMILES string of the molecule is NCCC[C@H](N)C(=O)Nc1ccc(-c2oc3ncnc(N4CCC(O)CC4)c3c2-c2ccc(F)cc2)cc1. The molecule has 0 radical (unpaired) electrons. The number of rotatable bonds is 8. The number of nitrogens with zero attached hydrogens (tertiary/aromatic N) is 3. The lowest BCUT2D eigenvalue weighted by molar-refractivity contribution is -0.117. The first-order valence-electron chi connectivity index (χ1n) is 12.8. The predicted molar refractivity (Wildman–Crippen MR) is 145 cm³/mol. The van der Waals surface area contributed by atoms with Crippen molar-refractivity contribution in [1.82, 2.24) is 9.97 Å². The summed E-state index contributed by atoms with van der Waals surface area (Å²) in [4.78, 5) is 23.5. The number of nitrogens with two attached hydrogens (primary N) is 2. The van der Waals surface area contributed by atoms with Gasteiger partial charge in [0.15, 0.2) is 0 Å². The van der Waals surface area contributed by atoms with Crippen LogP contribution < -0.4 is 21.7 Å². The number of aliphatic hydroxyl groups excluding tert-OH is 1. The summed E-state index contributed by atoms with van der Waals surface area (Å²) >= 11 is 0. The highest BCUT2D eigenvalue weighted by Crippen LogP contribution is 2.44. The highest BCUT2D eigenvalue weighted by molar-refractivity contribution is 6.06. The van der Waals surface area contributed by atoms with Gasteiger partial charge in [0.05, 0.1) is 17.5 Å². The Morgan fingerprint density at radius 3 is 2.47 bits per heavy atom. The van der Waals surface area contributed by atoms with Gasteiger partial charge >= 0.3 is 0 Å². The van der Waals surface area contributed by atoms with Gasteiger partial charge < -0.3 is 31.2 Å². The van der Waals surface area contributed by atoms with Crippen LogP contribution in [0.3, 0.4) is 0 Å². The number of fused-ring (bicyclic) bond motifs is 1. The van der Waals surface area contributed by atoms with Crippen molar-refractivity contribution in [2.45, 2.75) is 37.8 Å². The third-order valence-corrected chi connectivity index (χ3v) is 6.84. The minimum absolute atomic E-state index is 0.270. The number of carbonyl (C=O) groups excluding carboxylic acids is 1. The number of hydrogen-bond acceptors (Lipinski definition) is 8. The smallest absolute Gasteiger partial charge is 0.241 e. The molecule has 10 heteroatoms. The fourth-order valence-electron chi connectivity index (χ4n) is 4.74. The van der Waals surface area contributed by atoms with E-state index in [1.165, 1.54) is 18.5 Å². The molecular weight excluding hydrogens is 487 g/mol. The van der Waals surface area contributed by atoms with Crippen molar-refractivity contribution in [2.75, 3.05) is 29.9 Å². The second kappa shape index (κ2) is 11.3. The van der Waals surface area contributed by atoms with E-state index in [0.717, 1.165) is 22.1 Å². The quantitative estimate of drug-likeness (QED) is 0.277. The molecule has 9 nitrogen and oxygen atoms in total. The molecule has 0 bridgehead atoms. The van der Waals surface area contributed by atoms with E-state index < -0.39 is 6.04 Å². The van der Waals surface area contributed by atoms with E-state index in [1.54, 1.807) is 24.3 Å². The second-order valence-electron chi connectivity index (χ2n) is 9.51. The van der Waals surface area contributed by atoms with Crippen molar-refractivity contribution >= 4 is 28.5 Å². The first-order chi connectivity index (χ1) is 18.4. The molecule has 1 saturated heterocycles. The third kappa shape index (κ3) is 5.38. The highest BCUT2D eigenvalue weighted by atomic mass is 19.1. The number of halogens is 1. The minimum Gasteiger partial charge on any atom is -0.437 e. The lowest BCUT2D eigenvalue weighted by Gasteiger charge is -2.30. The zero-order chi connectivity index (χ0) is 26.6. The number of carbonyl (C=O) groups is 1. The van der Waals surface area contributed by atoms with Gasteiger partial charge in [-0.1, -0.05) is 12.1 Å². The normalized spacial score (nSPS) is 15.1. The average Bonchev–Trinajstić information content (AvgIpc) is 3.33. The van der Waals surface area contributed by atoms with Crippen LogP contribution >= 0.6 is 0 Å². The summed E-state index contributed by atoms with van der Waals surface area (Å²) in [7, 11) is 0. The maximum absolute atomic E-state index is 13.8. The van der Waals surface area contributed by atoms with Crippen LogP contribution in [0.5, 0.6) is 0 Å². The van der Waals surface area contributed by atoms with Gasteiger partial charge in [-0.25, -0.2) is 14.4 Å². The van der Waals surface area contributed by atoms with Crippen molar-refractivity contribution in [1.29, 1.82) is 0 Å². The molecule has 0 saturated carbocycles. The Kier molecular flexibility index (Phi) is 7.64. The summed E-state index contributed by atoms with van der Waals surface area (Å²) in [6.45, 7) is 1.78. The molecule has 2 aromatic carbocycles. The van der Waals surface area contributed by atoms with Gasteiger partial charge in [-0.3, -0.25) is 4.79 Å². The topological polar surface area (TPSA) is 144 Å². The molecule has 1 aliphatic heterocycles. The number of aliphatic hydroxyl groups is 1. The van der Waals surface area contributed by atoms with Crippen LogP contribution in [0.25, 0.3) is 33.6 Å². The lowest BCUT2D eigenvalue weighted by Crippen LogP contribution is -2.36. The summed E-state index contributed by atoms with van der Waals surface area (Å²) in [5.74, 6) is 0.664. The molecule has 0 spiro atoms. The molecule has 198 valence electrons. The van der Waals surface area contributed by atoms with Crippen molar-refractivity contribution < 1.29 is 18.7 Å². The van der Waals surface area contributed by atoms with Gasteiger partial charge in [-0.05, 0) is 74.2 Å². The molecule has 0 unspecified atom stereocenters. The molecule has 1 amide bonds. The van der Waals surface area contributed by atoms with E-state index in [-0.39, 0.29) is 17.8 Å². The number of nitrogens with one attached hydrogen (secondary N) is 1. The third-order valence-electron chi connectivity index (χ3n) is 6.84. The summed E-state index contributed by atoms with van der Waals surface area (Å²) in [5.41, 5.74) is 14.8. The second-order valence-corrected chi connectivity index (χ2v) is 9.51. The Balaban J connectivity index is 1.54. The Morgan fingerprint density at radius 2 is 1.79 bits per heavy atom. The fourth-order valence-corrected chi connectivity index (χ4v) is 4.74. The van der Waals surface area contributed by atoms with Gasteiger partial charge in [-0.2, -0.15) is 0 Å². The van der Waals surface area contributed by atoms with Gasteiger partial charge in [0.25, 0.3) is 0 Å². The van der Waals surface area contributed by atoms with Crippen LogP contribution in [0.2, 0.25) is 0 Å². The number of furan rings is 1. The van der Waals surface area contributed by atoms with Crippen LogP contribution in [0.1, 0.15) is 25.7 Å². The molecule has 6 N–H and O–H groups in total. The molecule has 38 heavy (non-hydrogen) atoms. The van der Waals surface area contributed by atoms with Gasteiger partial charge in [0, 0.05) is 29.9 Å². The van der Waals surface area contributed by atoms with E-state index in [2.05, 4.69) is 20.2 Å². The average molecular weight is 519 g/mol. The van der Waals surface area contributed by atoms with Crippen molar-refractivity contribution in [2.24, 2.45) is 11.5 Å². The molecule has 4 aromatic rings. The summed E-state index contributed by atoms with van der Waals surface area (Å²) in [6, 6.07) is 12.8. The standard InChI is InChI=1S/C28H31FN6O3/c29-19-7-3-17(4-8-19)23-24-26(35-14-11-21(36)12-15-35)32-16-33-28(24)38-25(23)18-5-9-20(10-6-18)34-27(37)22(31)2-1-13-30/h3-10,16,21-22,36H,1-2,11-15,30-31H2,(H,34,37)/t22-/m0/s1. The Bertz CT molecular complexity index is 1400. The van der Waals surface area contributed by atoms with Gasteiger partial charge in [0.1, 0.15) is 23.7 Å². The Morgan fingerprint density at radius 1 is 1.11 bits per heavy atom. The zero-order valence-electron chi connectivity index (χ0n) is 20.9. The highest BCUT2D eigenvalue weighted by Gasteiger charge is 2.27. The van der Waals surface area contributed by atoms with E-state index in [4.69, 9.17) is 15.9 Å². The van der Waals surface area contributed by atoms with E-state index >= 15 is 0 Å². The number of piperidine rings is 1. The number of benzene rings is 2. The summed E-state index contributed by atoms with van der Waals surface area (Å²) in [6.07, 6.45) is 3.62. The molecule has 3 heterocycles. The minimum atomic E-state index is -0.633. The van der Waals surface area contributed by atoms with Crippen molar-refractivity contribution in [3.63, 3.8) is 0 Å². The van der Waals surface area contributed by atoms with Crippen LogP contribution in [-0.2, 0) is 4.79 Å². The van der Waals surface area contributed by atoms with E-state index in [0.29, 0.717) is 68.3 Å². The molecule has 2 aromatic heterocycles. The molecular formula is C28H31FN6O3. The summed E-state index contributed by atoms with van der Waals surface area (Å²) in [5, 5.41) is 13.6. The van der Waals surface area contributed by atoms with Crippen molar-refractivity contribution in [3.05, 3.63) is 60.7 Å². The fraction of sp³-hybridized carbons (Fsp3) is 0.321. The van der Waals surface area contributed by atoms with Gasteiger partial charge in [0.2, 0.25) is 11.6 Å². The maximum Gasteiger partial charge on any atom is 0.241 e. The number of hydrogen-bond donors (Lipinski definition) is 4. The molecule has 1 aliphatic rings. The van der Waals surface area contributed by atoms with Crippen LogP contribution in [-0.4, -0.2) is 52.8 Å². The zero-order valence-corrected chi connectivity index (χ0v) is 20.9. The van der Waals surface area contributed by atoms with Crippen LogP contribution in [0, 0.1) is 5.82 Å². The first-order valence-corrected chi connectivity index (χ1v) is 12.8. The Labute approximate surface area is 219 Å². The molecule has 1 atom stereocenters. The lowest BCUT2D eigenvalue weighted by atomic mass is 9.98. The number of amides is 1. The van der Waals surface area contributed by atoms with Crippen LogP contribution in [0.4, 0.5) is 15.9 Å². The predicted octanol–water partition coefficient (Wildman–Crippen LogP) is 3.66. The van der Waals surface area contributed by atoms with Crippen molar-refractivity contribution in [3.8, 4) is 22.5 Å². The molecule has 0 aliphatic carbocycles. The summed E-state index contributed by atoms with van der Waals surface area (Å²) < 4.78 is 20.1.